The summed E-state index contributed by atoms with van der Waals surface area (Å²) < 4.78 is 41.5. The summed E-state index contributed by atoms with van der Waals surface area (Å²) in [5.41, 5.74) is 4.39. The van der Waals surface area contributed by atoms with Gasteiger partial charge in [-0.1, -0.05) is 48.5 Å². The molecule has 5 aromatic rings. The number of fused-ring (bicyclic) bond motifs is 2. The Bertz CT molecular complexity index is 1350. The van der Waals surface area contributed by atoms with E-state index in [0.717, 1.165) is 38.5 Å². The summed E-state index contributed by atoms with van der Waals surface area (Å²) in [6, 6.07) is 21.6. The van der Waals surface area contributed by atoms with E-state index >= 15 is 0 Å². The fourth-order valence-corrected chi connectivity index (χ4v) is 4.33. The second-order valence-corrected chi connectivity index (χ2v) is 7.55. The maximum absolute atomic E-state index is 13.1. The second-order valence-electron chi connectivity index (χ2n) is 7.55. The molecular weight excluding hydrogens is 421 g/mol. The minimum Gasteiger partial charge on any atom is -0.361 e. The predicted octanol–water partition coefficient (Wildman–Crippen LogP) is 7.28. The number of halogens is 4. The lowest BCUT2D eigenvalue weighted by atomic mass is 9.84. The van der Waals surface area contributed by atoms with Crippen molar-refractivity contribution < 1.29 is 13.2 Å². The molecule has 31 heavy (non-hydrogen) atoms. The van der Waals surface area contributed by atoms with E-state index in [0.29, 0.717) is 0 Å². The van der Waals surface area contributed by atoms with E-state index in [1.54, 1.807) is 12.1 Å². The highest BCUT2D eigenvalue weighted by Gasteiger charge is 2.31. The molecule has 0 spiro atoms. The number of nitrogens with zero attached hydrogens (tertiary/aromatic N) is 1. The summed E-state index contributed by atoms with van der Waals surface area (Å²) in [6.45, 7) is 0. The van der Waals surface area contributed by atoms with E-state index in [9.17, 15) is 13.2 Å². The van der Waals surface area contributed by atoms with Gasteiger partial charge in [-0.25, -0.2) is 0 Å². The van der Waals surface area contributed by atoms with Crippen LogP contribution in [-0.2, 0) is 13.2 Å². The molecule has 5 rings (SSSR count). The first-order valence-corrected chi connectivity index (χ1v) is 9.70. The van der Waals surface area contributed by atoms with Crippen molar-refractivity contribution in [2.24, 2.45) is 7.05 Å². The monoisotopic (exact) mass is 440 g/mol. The van der Waals surface area contributed by atoms with Gasteiger partial charge in [-0.3, -0.25) is 0 Å². The van der Waals surface area contributed by atoms with E-state index < -0.39 is 11.7 Å². The van der Waals surface area contributed by atoms with Crippen LogP contribution in [0.4, 0.5) is 13.2 Å². The topological polar surface area (TPSA) is 20.7 Å². The molecule has 6 heteroatoms. The van der Waals surface area contributed by atoms with E-state index in [-0.39, 0.29) is 18.3 Å². The zero-order chi connectivity index (χ0) is 20.9. The molecule has 0 amide bonds. The van der Waals surface area contributed by atoms with E-state index in [1.807, 2.05) is 49.6 Å². The quantitative estimate of drug-likeness (QED) is 0.304. The molecule has 0 aliphatic rings. The van der Waals surface area contributed by atoms with Crippen molar-refractivity contribution in [2.45, 2.75) is 12.1 Å². The van der Waals surface area contributed by atoms with Crippen LogP contribution in [-0.4, -0.2) is 9.55 Å². The zero-order valence-corrected chi connectivity index (χ0v) is 17.5. The number of aromatic amines is 1. The average molecular weight is 441 g/mol. The van der Waals surface area contributed by atoms with Gasteiger partial charge in [-0.05, 0) is 41.0 Å². The van der Waals surface area contributed by atoms with Gasteiger partial charge >= 0.3 is 6.18 Å². The summed E-state index contributed by atoms with van der Waals surface area (Å²) in [7, 11) is 1.99. The van der Waals surface area contributed by atoms with Crippen molar-refractivity contribution in [1.82, 2.24) is 9.55 Å². The number of H-pyrrole nitrogens is 1. The number of hydrogen-bond acceptors (Lipinski definition) is 0. The smallest absolute Gasteiger partial charge is 0.361 e. The third-order valence-corrected chi connectivity index (χ3v) is 5.74. The largest absolute Gasteiger partial charge is 0.416 e. The molecule has 0 aliphatic heterocycles. The molecule has 0 fully saturated rings. The molecule has 158 valence electrons. The minimum absolute atomic E-state index is 0. The Kier molecular flexibility index (Phi) is 5.31. The number of nitrogens with one attached hydrogen (secondary N) is 1. The number of alkyl halides is 3. The van der Waals surface area contributed by atoms with Crippen LogP contribution in [0.5, 0.6) is 0 Å². The molecule has 1 unspecified atom stereocenters. The molecule has 1 N–H and O–H groups in total. The predicted molar refractivity (Wildman–Crippen MR) is 121 cm³/mol. The Balaban J connectivity index is 0.00000231. The lowest BCUT2D eigenvalue weighted by Crippen LogP contribution is -2.07. The molecule has 0 saturated heterocycles. The van der Waals surface area contributed by atoms with Crippen LogP contribution in [0.3, 0.4) is 0 Å². The normalized spacial score (nSPS) is 12.8. The SMILES string of the molecule is Cl.Cn1cc(C(c2ccc(C(F)(F)F)cc2)c2c[nH]c3ccccc23)c2ccccc21. The summed E-state index contributed by atoms with van der Waals surface area (Å²) in [6.07, 6.45) is -0.308. The van der Waals surface area contributed by atoms with Crippen LogP contribution in [0.1, 0.15) is 28.2 Å². The highest BCUT2D eigenvalue weighted by Crippen LogP contribution is 2.40. The maximum Gasteiger partial charge on any atom is 0.416 e. The Morgan fingerprint density at radius 3 is 2.16 bits per heavy atom. The first kappa shape index (κ1) is 21.1. The summed E-state index contributed by atoms with van der Waals surface area (Å²) in [5, 5.41) is 2.16. The molecule has 0 saturated carbocycles. The molecule has 3 aromatic carbocycles. The lowest BCUT2D eigenvalue weighted by Gasteiger charge is -2.18. The van der Waals surface area contributed by atoms with Gasteiger partial charge in [0.2, 0.25) is 0 Å². The van der Waals surface area contributed by atoms with E-state index in [2.05, 4.69) is 27.9 Å². The Morgan fingerprint density at radius 2 is 1.45 bits per heavy atom. The number of hydrogen-bond donors (Lipinski definition) is 1. The van der Waals surface area contributed by atoms with Gasteiger partial charge in [0, 0.05) is 47.2 Å². The van der Waals surface area contributed by atoms with Crippen molar-refractivity contribution in [1.29, 1.82) is 0 Å². The highest BCUT2D eigenvalue weighted by atomic mass is 35.5. The standard InChI is InChI=1S/C25H19F3N2.ClH/c1-30-15-21(19-7-3-5-9-23(19)30)24(16-10-12-17(13-11-16)25(26,27)28)20-14-29-22-8-4-2-6-18(20)22;/h2-15,24,29H,1H3;1H. The van der Waals surface area contributed by atoms with Crippen LogP contribution in [0, 0.1) is 0 Å². The number of aryl methyl sites for hydroxylation is 1. The summed E-state index contributed by atoms with van der Waals surface area (Å²) in [5.74, 6) is -0.200. The van der Waals surface area contributed by atoms with Crippen molar-refractivity contribution in [3.63, 3.8) is 0 Å². The number of para-hydroxylation sites is 2. The van der Waals surface area contributed by atoms with Gasteiger partial charge in [-0.15, -0.1) is 12.4 Å². The Morgan fingerprint density at radius 1 is 0.806 bits per heavy atom. The second kappa shape index (κ2) is 7.82. The number of rotatable bonds is 3. The Labute approximate surface area is 183 Å². The first-order valence-electron chi connectivity index (χ1n) is 9.70. The molecule has 1 atom stereocenters. The van der Waals surface area contributed by atoms with Crippen LogP contribution in [0.2, 0.25) is 0 Å². The van der Waals surface area contributed by atoms with Crippen LogP contribution < -0.4 is 0 Å². The van der Waals surface area contributed by atoms with Gasteiger partial charge in [0.15, 0.2) is 0 Å². The van der Waals surface area contributed by atoms with E-state index in [1.165, 1.54) is 12.1 Å². The molecule has 0 aliphatic carbocycles. The third-order valence-electron chi connectivity index (χ3n) is 5.74. The lowest BCUT2D eigenvalue weighted by molar-refractivity contribution is -0.137. The van der Waals surface area contributed by atoms with Crippen LogP contribution >= 0.6 is 12.4 Å². The Hall–Kier alpha value is -3.18. The van der Waals surface area contributed by atoms with Gasteiger partial charge < -0.3 is 9.55 Å². The van der Waals surface area contributed by atoms with Gasteiger partial charge in [0.25, 0.3) is 0 Å². The molecule has 2 aromatic heterocycles. The molecule has 0 bridgehead atoms. The van der Waals surface area contributed by atoms with Gasteiger partial charge in [0.1, 0.15) is 0 Å². The minimum atomic E-state index is -4.35. The average Bonchev–Trinajstić information content (AvgIpc) is 3.31. The van der Waals surface area contributed by atoms with Crippen molar-refractivity contribution in [3.8, 4) is 0 Å². The van der Waals surface area contributed by atoms with E-state index in [4.69, 9.17) is 0 Å². The number of benzene rings is 3. The van der Waals surface area contributed by atoms with Crippen molar-refractivity contribution in [2.75, 3.05) is 0 Å². The first-order chi connectivity index (χ1) is 14.4. The molecule has 0 radical (unpaired) electrons. The third kappa shape index (κ3) is 3.59. The number of aromatic nitrogens is 2. The van der Waals surface area contributed by atoms with Crippen molar-refractivity contribution in [3.05, 3.63) is 107 Å². The van der Waals surface area contributed by atoms with Crippen LogP contribution in [0.25, 0.3) is 21.8 Å². The van der Waals surface area contributed by atoms with Crippen LogP contribution in [0.15, 0.2) is 85.2 Å². The highest BCUT2D eigenvalue weighted by molar-refractivity contribution is 5.89. The molecular formula is C25H20ClF3N2. The van der Waals surface area contributed by atoms with Gasteiger partial charge in [0.05, 0.1) is 5.56 Å². The van der Waals surface area contributed by atoms with Gasteiger partial charge in [-0.2, -0.15) is 13.2 Å². The summed E-state index contributed by atoms with van der Waals surface area (Å²) in [4.78, 5) is 3.31. The van der Waals surface area contributed by atoms with Crippen molar-refractivity contribution >= 4 is 34.2 Å². The molecule has 2 heterocycles. The summed E-state index contributed by atoms with van der Waals surface area (Å²) >= 11 is 0. The fourth-order valence-electron chi connectivity index (χ4n) is 4.33. The zero-order valence-electron chi connectivity index (χ0n) is 16.6. The maximum atomic E-state index is 13.1. The fraction of sp³-hybridized carbons (Fsp3) is 0.120. The molecule has 2 nitrogen and oxygen atoms in total.